The molecule has 0 aliphatic heterocycles. The molecule has 2 aromatic carbocycles. The van der Waals surface area contributed by atoms with Crippen LogP contribution in [0, 0.1) is 0 Å². The van der Waals surface area contributed by atoms with Crippen LogP contribution in [0.4, 0.5) is 0 Å². The Hall–Kier alpha value is -2.00. The van der Waals surface area contributed by atoms with Crippen molar-refractivity contribution in [3.8, 4) is 11.5 Å². The van der Waals surface area contributed by atoms with Gasteiger partial charge in [-0.05, 0) is 52.4 Å². The third-order valence-corrected chi connectivity index (χ3v) is 4.92. The van der Waals surface area contributed by atoms with Crippen LogP contribution in [0.5, 0.6) is 11.5 Å². The van der Waals surface area contributed by atoms with Gasteiger partial charge in [0.25, 0.3) is 0 Å². The molecule has 0 aromatic heterocycles. The standard InChI is InChI=1S/C22H31NO2/c1-22(2,3)23(4)15-14-19(17-10-8-7-9-11-17)20-13-12-18(24-5)16-21(20)25-6/h7-13,16,19H,14-15H2,1-6H3. The molecule has 0 heterocycles. The summed E-state index contributed by atoms with van der Waals surface area (Å²) in [7, 11) is 5.59. The third kappa shape index (κ3) is 4.99. The van der Waals surface area contributed by atoms with Crippen molar-refractivity contribution in [3.05, 3.63) is 59.7 Å². The minimum Gasteiger partial charge on any atom is -0.497 e. The van der Waals surface area contributed by atoms with Gasteiger partial charge in [0.05, 0.1) is 14.2 Å². The van der Waals surface area contributed by atoms with Crippen molar-refractivity contribution in [2.75, 3.05) is 27.8 Å². The summed E-state index contributed by atoms with van der Waals surface area (Å²) < 4.78 is 11.0. The topological polar surface area (TPSA) is 21.7 Å². The first-order chi connectivity index (χ1) is 11.9. The molecule has 2 aromatic rings. The van der Waals surface area contributed by atoms with Gasteiger partial charge in [0, 0.05) is 23.1 Å². The maximum Gasteiger partial charge on any atom is 0.126 e. The van der Waals surface area contributed by atoms with Crippen LogP contribution < -0.4 is 9.47 Å². The Balaban J connectivity index is 2.36. The molecule has 3 nitrogen and oxygen atoms in total. The van der Waals surface area contributed by atoms with Crippen molar-refractivity contribution in [2.45, 2.75) is 38.6 Å². The Morgan fingerprint density at radius 2 is 1.64 bits per heavy atom. The maximum atomic E-state index is 5.67. The Morgan fingerprint density at radius 1 is 0.960 bits per heavy atom. The number of ether oxygens (including phenoxy) is 2. The first kappa shape index (κ1) is 19.3. The predicted octanol–water partition coefficient (Wildman–Crippen LogP) is 4.96. The maximum absolute atomic E-state index is 5.67. The molecule has 0 saturated carbocycles. The van der Waals surface area contributed by atoms with Crippen LogP contribution in [0.1, 0.15) is 44.2 Å². The van der Waals surface area contributed by atoms with E-state index in [1.807, 2.05) is 12.1 Å². The monoisotopic (exact) mass is 341 g/mol. The number of methoxy groups -OCH3 is 2. The average Bonchev–Trinajstić information content (AvgIpc) is 2.61. The molecule has 25 heavy (non-hydrogen) atoms. The van der Waals surface area contributed by atoms with Gasteiger partial charge in [-0.15, -0.1) is 0 Å². The summed E-state index contributed by atoms with van der Waals surface area (Å²) in [6.07, 6.45) is 1.03. The molecule has 0 amide bonds. The minimum atomic E-state index is 0.158. The van der Waals surface area contributed by atoms with Gasteiger partial charge >= 0.3 is 0 Å². The highest BCUT2D eigenvalue weighted by Gasteiger charge is 2.22. The van der Waals surface area contributed by atoms with Crippen LogP contribution >= 0.6 is 0 Å². The zero-order valence-electron chi connectivity index (χ0n) is 16.4. The van der Waals surface area contributed by atoms with Gasteiger partial charge in [0.1, 0.15) is 11.5 Å². The molecule has 2 rings (SSSR count). The lowest BCUT2D eigenvalue weighted by Crippen LogP contribution is -2.39. The lowest BCUT2D eigenvalue weighted by atomic mass is 9.87. The molecule has 0 radical (unpaired) electrons. The smallest absolute Gasteiger partial charge is 0.126 e. The van der Waals surface area contributed by atoms with Gasteiger partial charge in [-0.25, -0.2) is 0 Å². The van der Waals surface area contributed by atoms with Crippen molar-refractivity contribution in [1.29, 1.82) is 0 Å². The van der Waals surface area contributed by atoms with Gasteiger partial charge in [-0.1, -0.05) is 36.4 Å². The molecule has 136 valence electrons. The third-order valence-electron chi connectivity index (χ3n) is 4.92. The Bertz CT molecular complexity index is 661. The summed E-state index contributed by atoms with van der Waals surface area (Å²) in [4.78, 5) is 2.40. The number of rotatable bonds is 7. The van der Waals surface area contributed by atoms with E-state index in [1.54, 1.807) is 14.2 Å². The van der Waals surface area contributed by atoms with Gasteiger partial charge in [-0.3, -0.25) is 0 Å². The zero-order valence-corrected chi connectivity index (χ0v) is 16.4. The number of benzene rings is 2. The second kappa shape index (κ2) is 8.39. The quantitative estimate of drug-likeness (QED) is 0.711. The van der Waals surface area contributed by atoms with Crippen LogP contribution in [-0.2, 0) is 0 Å². The van der Waals surface area contributed by atoms with Gasteiger partial charge in [0.2, 0.25) is 0 Å². The van der Waals surface area contributed by atoms with Crippen LogP contribution in [0.3, 0.4) is 0 Å². The van der Waals surface area contributed by atoms with Crippen LogP contribution in [0.25, 0.3) is 0 Å². The molecule has 0 bridgehead atoms. The van der Waals surface area contributed by atoms with Gasteiger partial charge in [-0.2, -0.15) is 0 Å². The summed E-state index contributed by atoms with van der Waals surface area (Å²) in [6.45, 7) is 7.76. The summed E-state index contributed by atoms with van der Waals surface area (Å²) in [5, 5.41) is 0. The van der Waals surface area contributed by atoms with Crippen LogP contribution in [0.15, 0.2) is 48.5 Å². The fourth-order valence-corrected chi connectivity index (χ4v) is 2.95. The normalized spacial score (nSPS) is 12.9. The van der Waals surface area contributed by atoms with Crippen molar-refractivity contribution in [2.24, 2.45) is 0 Å². The summed E-state index contributed by atoms with van der Waals surface area (Å²) in [6, 6.07) is 16.8. The van der Waals surface area contributed by atoms with E-state index in [1.165, 1.54) is 11.1 Å². The fourth-order valence-electron chi connectivity index (χ4n) is 2.95. The highest BCUT2D eigenvalue weighted by Crippen LogP contribution is 2.37. The van der Waals surface area contributed by atoms with Crippen molar-refractivity contribution in [1.82, 2.24) is 4.90 Å². The molecule has 0 N–H and O–H groups in total. The Morgan fingerprint density at radius 3 is 2.20 bits per heavy atom. The first-order valence-electron chi connectivity index (χ1n) is 8.85. The highest BCUT2D eigenvalue weighted by atomic mass is 16.5. The second-order valence-electron chi connectivity index (χ2n) is 7.45. The average molecular weight is 341 g/mol. The van der Waals surface area contributed by atoms with Gasteiger partial charge < -0.3 is 14.4 Å². The Kier molecular flexibility index (Phi) is 6.49. The van der Waals surface area contributed by atoms with E-state index in [4.69, 9.17) is 9.47 Å². The first-order valence-corrected chi connectivity index (χ1v) is 8.85. The molecule has 0 spiro atoms. The molecule has 0 aliphatic carbocycles. The number of hydrogen-bond acceptors (Lipinski definition) is 3. The fraction of sp³-hybridized carbons (Fsp3) is 0.455. The number of nitrogens with zero attached hydrogens (tertiary/aromatic N) is 1. The predicted molar refractivity (Wildman–Crippen MR) is 105 cm³/mol. The largest absolute Gasteiger partial charge is 0.497 e. The van der Waals surface area contributed by atoms with E-state index < -0.39 is 0 Å². The SMILES string of the molecule is COc1ccc(C(CCN(C)C(C)(C)C)c2ccccc2)c(OC)c1. The summed E-state index contributed by atoms with van der Waals surface area (Å²) >= 11 is 0. The molecule has 0 aliphatic rings. The van der Waals surface area contributed by atoms with E-state index in [0.717, 1.165) is 24.5 Å². The van der Waals surface area contributed by atoms with Crippen LogP contribution in [-0.4, -0.2) is 38.3 Å². The zero-order chi connectivity index (χ0) is 18.4. The van der Waals surface area contributed by atoms with Crippen molar-refractivity contribution >= 4 is 0 Å². The molecule has 1 atom stereocenters. The van der Waals surface area contributed by atoms with E-state index in [9.17, 15) is 0 Å². The second-order valence-corrected chi connectivity index (χ2v) is 7.45. The van der Waals surface area contributed by atoms with E-state index in [-0.39, 0.29) is 11.5 Å². The van der Waals surface area contributed by atoms with E-state index in [2.05, 4.69) is 69.1 Å². The highest BCUT2D eigenvalue weighted by molar-refractivity contribution is 5.46. The lowest BCUT2D eigenvalue weighted by Gasteiger charge is -2.33. The molecular weight excluding hydrogens is 310 g/mol. The number of hydrogen-bond donors (Lipinski definition) is 0. The summed E-state index contributed by atoms with van der Waals surface area (Å²) in [5.74, 6) is 1.98. The molecular formula is C22H31NO2. The van der Waals surface area contributed by atoms with Gasteiger partial charge in [0.15, 0.2) is 0 Å². The molecule has 0 fully saturated rings. The Labute approximate surface area is 152 Å². The van der Waals surface area contributed by atoms with Crippen molar-refractivity contribution < 1.29 is 9.47 Å². The summed E-state index contributed by atoms with van der Waals surface area (Å²) in [5.41, 5.74) is 2.68. The van der Waals surface area contributed by atoms with E-state index >= 15 is 0 Å². The molecule has 0 saturated heterocycles. The van der Waals surface area contributed by atoms with E-state index in [0.29, 0.717) is 0 Å². The lowest BCUT2D eigenvalue weighted by molar-refractivity contribution is 0.171. The minimum absolute atomic E-state index is 0.158. The van der Waals surface area contributed by atoms with Crippen LogP contribution in [0.2, 0.25) is 0 Å². The molecule has 1 unspecified atom stereocenters. The molecule has 3 heteroatoms. The van der Waals surface area contributed by atoms with Crippen molar-refractivity contribution in [3.63, 3.8) is 0 Å².